The lowest BCUT2D eigenvalue weighted by Gasteiger charge is -2.44. The van der Waals surface area contributed by atoms with Gasteiger partial charge in [-0.15, -0.1) is 0 Å². The Morgan fingerprint density at radius 3 is 1.98 bits per heavy atom. The van der Waals surface area contributed by atoms with Gasteiger partial charge in [0.2, 0.25) is 0 Å². The Bertz CT molecular complexity index is 1480. The fraction of sp³-hybridized carbons (Fsp3) is 0.314. The standard InChI is InChI=1S/C35H34BrNO4/c1-40-31-21-25(20-26(36)35(31)41-22-24-12-6-3-7-13-24)32-33-27(14-8-16-29(33)38)37(19-18-23-10-4-2-5-11-23)28-15-9-17-30(39)34(28)32/h2-7,10-13,20-21,32H,8-9,14-19,22H2,1H3. The summed E-state index contributed by atoms with van der Waals surface area (Å²) in [5.74, 6) is 1.07. The number of carbonyl (C=O) groups excluding carboxylic acids is 2. The van der Waals surface area contributed by atoms with E-state index < -0.39 is 5.92 Å². The average molecular weight is 613 g/mol. The van der Waals surface area contributed by atoms with Gasteiger partial charge in [0.1, 0.15) is 6.61 Å². The Labute approximate surface area is 250 Å². The number of ether oxygens (including phenoxy) is 2. The van der Waals surface area contributed by atoms with Crippen LogP contribution in [0.3, 0.4) is 0 Å². The Balaban J connectivity index is 1.42. The third-order valence-corrected chi connectivity index (χ3v) is 8.95. The van der Waals surface area contributed by atoms with Crippen LogP contribution in [0, 0.1) is 0 Å². The molecule has 0 N–H and O–H groups in total. The molecule has 1 aliphatic heterocycles. The van der Waals surface area contributed by atoms with E-state index in [4.69, 9.17) is 9.47 Å². The van der Waals surface area contributed by atoms with Gasteiger partial charge in [-0.1, -0.05) is 60.7 Å². The largest absolute Gasteiger partial charge is 0.493 e. The van der Waals surface area contributed by atoms with Crippen molar-refractivity contribution in [3.63, 3.8) is 0 Å². The summed E-state index contributed by atoms with van der Waals surface area (Å²) in [4.78, 5) is 29.7. The zero-order valence-electron chi connectivity index (χ0n) is 23.3. The molecule has 41 heavy (non-hydrogen) atoms. The van der Waals surface area contributed by atoms with Crippen molar-refractivity contribution in [2.75, 3.05) is 13.7 Å². The zero-order chi connectivity index (χ0) is 28.3. The van der Waals surface area contributed by atoms with E-state index in [2.05, 4.69) is 45.1 Å². The summed E-state index contributed by atoms with van der Waals surface area (Å²) in [5.41, 5.74) is 6.94. The molecule has 3 aromatic carbocycles. The number of rotatable bonds is 8. The molecule has 210 valence electrons. The van der Waals surface area contributed by atoms with Crippen molar-refractivity contribution in [2.45, 2.75) is 57.5 Å². The molecular formula is C35H34BrNO4. The van der Waals surface area contributed by atoms with E-state index in [0.717, 1.165) is 76.8 Å². The summed E-state index contributed by atoms with van der Waals surface area (Å²) in [7, 11) is 1.63. The Morgan fingerprint density at radius 1 is 0.805 bits per heavy atom. The predicted molar refractivity (Wildman–Crippen MR) is 163 cm³/mol. The van der Waals surface area contributed by atoms with Crippen LogP contribution in [-0.4, -0.2) is 30.1 Å². The lowest BCUT2D eigenvalue weighted by atomic mass is 9.71. The van der Waals surface area contributed by atoms with E-state index in [1.54, 1.807) is 7.11 Å². The summed E-state index contributed by atoms with van der Waals surface area (Å²) >= 11 is 3.73. The summed E-state index contributed by atoms with van der Waals surface area (Å²) in [6, 6.07) is 24.4. The van der Waals surface area contributed by atoms with Crippen LogP contribution in [0.1, 0.15) is 61.1 Å². The minimum absolute atomic E-state index is 0.144. The highest BCUT2D eigenvalue weighted by Gasteiger charge is 2.43. The molecule has 0 unspecified atom stereocenters. The lowest BCUT2D eigenvalue weighted by molar-refractivity contribution is -0.117. The minimum Gasteiger partial charge on any atom is -0.493 e. The van der Waals surface area contributed by atoms with Crippen LogP contribution >= 0.6 is 15.9 Å². The van der Waals surface area contributed by atoms with Crippen LogP contribution in [-0.2, 0) is 22.6 Å². The number of benzene rings is 3. The maximum atomic E-state index is 13.7. The maximum absolute atomic E-state index is 13.7. The van der Waals surface area contributed by atoms with Gasteiger partial charge in [0.15, 0.2) is 23.1 Å². The number of halogens is 1. The van der Waals surface area contributed by atoms with E-state index in [9.17, 15) is 9.59 Å². The van der Waals surface area contributed by atoms with E-state index in [-0.39, 0.29) is 11.6 Å². The second-order valence-electron chi connectivity index (χ2n) is 10.9. The van der Waals surface area contributed by atoms with Gasteiger partial charge in [0.05, 0.1) is 11.6 Å². The number of nitrogens with zero attached hydrogens (tertiary/aromatic N) is 1. The lowest BCUT2D eigenvalue weighted by Crippen LogP contribution is -2.40. The molecule has 0 saturated carbocycles. The third-order valence-electron chi connectivity index (χ3n) is 8.36. The highest BCUT2D eigenvalue weighted by atomic mass is 79.9. The van der Waals surface area contributed by atoms with Crippen LogP contribution in [0.2, 0.25) is 0 Å². The summed E-state index contributed by atoms with van der Waals surface area (Å²) < 4.78 is 12.7. The molecule has 5 nitrogen and oxygen atoms in total. The fourth-order valence-corrected chi connectivity index (χ4v) is 7.06. The smallest absolute Gasteiger partial charge is 0.175 e. The summed E-state index contributed by atoms with van der Waals surface area (Å²) in [5, 5.41) is 0. The van der Waals surface area contributed by atoms with Gasteiger partial charge in [-0.25, -0.2) is 0 Å². The average Bonchev–Trinajstić information content (AvgIpc) is 3.00. The van der Waals surface area contributed by atoms with Crippen molar-refractivity contribution in [1.82, 2.24) is 4.90 Å². The molecular weight excluding hydrogens is 578 g/mol. The number of hydrogen-bond donors (Lipinski definition) is 0. The highest BCUT2D eigenvalue weighted by molar-refractivity contribution is 9.10. The van der Waals surface area contributed by atoms with Crippen molar-refractivity contribution in [1.29, 1.82) is 0 Å². The molecule has 0 aromatic heterocycles. The van der Waals surface area contributed by atoms with Crippen molar-refractivity contribution < 1.29 is 19.1 Å². The second-order valence-corrected chi connectivity index (χ2v) is 11.8. The molecule has 0 atom stereocenters. The van der Waals surface area contributed by atoms with Crippen LogP contribution in [0.5, 0.6) is 11.5 Å². The zero-order valence-corrected chi connectivity index (χ0v) is 24.9. The van der Waals surface area contributed by atoms with Gasteiger partial charge in [-0.05, 0) is 76.9 Å². The Hall–Kier alpha value is -3.64. The summed E-state index contributed by atoms with van der Waals surface area (Å²) in [6.45, 7) is 1.16. The first-order valence-electron chi connectivity index (χ1n) is 14.4. The van der Waals surface area contributed by atoms with Gasteiger partial charge < -0.3 is 14.4 Å². The topological polar surface area (TPSA) is 55.8 Å². The second kappa shape index (κ2) is 12.1. The molecule has 6 rings (SSSR count). The van der Waals surface area contributed by atoms with E-state index in [0.29, 0.717) is 30.9 Å². The molecule has 3 aromatic rings. The number of hydrogen-bond acceptors (Lipinski definition) is 5. The molecule has 6 heteroatoms. The van der Waals surface area contributed by atoms with Crippen LogP contribution in [0.4, 0.5) is 0 Å². The number of allylic oxidation sites excluding steroid dienone is 4. The van der Waals surface area contributed by atoms with Gasteiger partial charge >= 0.3 is 0 Å². The van der Waals surface area contributed by atoms with E-state index in [1.807, 2.05) is 48.5 Å². The monoisotopic (exact) mass is 611 g/mol. The maximum Gasteiger partial charge on any atom is 0.175 e. The molecule has 2 aliphatic carbocycles. The molecule has 3 aliphatic rings. The predicted octanol–water partition coefficient (Wildman–Crippen LogP) is 7.69. The quantitative estimate of drug-likeness (QED) is 0.261. The van der Waals surface area contributed by atoms with Crippen molar-refractivity contribution in [3.05, 3.63) is 116 Å². The molecule has 1 heterocycles. The normalized spacial score (nSPS) is 17.5. The first kappa shape index (κ1) is 27.5. The molecule has 0 radical (unpaired) electrons. The molecule has 0 saturated heterocycles. The van der Waals surface area contributed by atoms with E-state index >= 15 is 0 Å². The highest BCUT2D eigenvalue weighted by Crippen LogP contribution is 2.51. The number of Topliss-reactive ketones (excluding diaryl/α,β-unsaturated/α-hetero) is 2. The Kier molecular flexibility index (Phi) is 8.11. The first-order chi connectivity index (χ1) is 20.0. The van der Waals surface area contributed by atoms with Gasteiger partial charge in [0.25, 0.3) is 0 Å². The number of carbonyl (C=O) groups is 2. The third kappa shape index (κ3) is 5.50. The van der Waals surface area contributed by atoms with Crippen LogP contribution in [0.15, 0.2) is 99.8 Å². The summed E-state index contributed by atoms with van der Waals surface area (Å²) in [6.07, 6.45) is 5.23. The minimum atomic E-state index is -0.401. The van der Waals surface area contributed by atoms with Crippen molar-refractivity contribution in [3.8, 4) is 11.5 Å². The van der Waals surface area contributed by atoms with Crippen molar-refractivity contribution in [2.24, 2.45) is 0 Å². The van der Waals surface area contributed by atoms with Crippen LogP contribution < -0.4 is 9.47 Å². The fourth-order valence-electron chi connectivity index (χ4n) is 6.48. The molecule has 0 bridgehead atoms. The Morgan fingerprint density at radius 2 is 1.39 bits per heavy atom. The first-order valence-corrected chi connectivity index (χ1v) is 15.2. The van der Waals surface area contributed by atoms with Gasteiger partial charge in [-0.2, -0.15) is 0 Å². The van der Waals surface area contributed by atoms with Crippen LogP contribution in [0.25, 0.3) is 0 Å². The molecule has 0 spiro atoms. The molecule has 0 amide bonds. The van der Waals surface area contributed by atoms with Crippen molar-refractivity contribution >= 4 is 27.5 Å². The SMILES string of the molecule is COc1cc(C2C3=C(CCCC3=O)N(CCc3ccccc3)C3=C2C(=O)CCC3)cc(Br)c1OCc1ccccc1. The van der Waals surface area contributed by atoms with E-state index in [1.165, 1.54) is 5.56 Å². The van der Waals surface area contributed by atoms with Gasteiger partial charge in [0, 0.05) is 47.8 Å². The number of ketones is 2. The molecule has 0 fully saturated rings. The van der Waals surface area contributed by atoms with Gasteiger partial charge in [-0.3, -0.25) is 9.59 Å². The number of methoxy groups -OCH3 is 1.